The molecular formula is C11H13N3O3. The fourth-order valence-corrected chi connectivity index (χ4v) is 1.87. The Morgan fingerprint density at radius 1 is 1.65 bits per heavy atom. The van der Waals surface area contributed by atoms with Crippen molar-refractivity contribution in [3.05, 3.63) is 27.1 Å². The quantitative estimate of drug-likeness (QED) is 0.652. The van der Waals surface area contributed by atoms with E-state index in [1.165, 1.54) is 5.31 Å². The first kappa shape index (κ1) is 9.23. The number of pyridine rings is 1. The van der Waals surface area contributed by atoms with E-state index < -0.39 is 0 Å². The van der Waals surface area contributed by atoms with E-state index >= 15 is 0 Å². The third kappa shape index (κ3) is 2.03. The number of aromatic amines is 1. The molecule has 2 aliphatic heterocycles. The van der Waals surface area contributed by atoms with Crippen LogP contribution in [-0.4, -0.2) is 31.0 Å². The lowest BCUT2D eigenvalue weighted by Gasteiger charge is -2.11. The number of nitrogens with one attached hydrogen (secondary N) is 2. The standard InChI is InChI=1S/C11H13N3O3/c15-11-9(17-8-1-2-16-5-8)3-7-4-12-6-13-10(7)14-11/h3-4,8,12H,1-2,5-6H2,(H,13,14,15)/t8-/m0/s1/i/hD. The highest BCUT2D eigenvalue weighted by atomic mass is 16.5. The van der Waals surface area contributed by atoms with E-state index in [1.54, 1.807) is 12.3 Å². The van der Waals surface area contributed by atoms with Crippen LogP contribution >= 0.6 is 0 Å². The monoisotopic (exact) mass is 236 g/mol. The molecule has 2 aliphatic rings. The summed E-state index contributed by atoms with van der Waals surface area (Å²) in [5.41, 5.74) is 0.203. The van der Waals surface area contributed by atoms with Gasteiger partial charge in [0.05, 0.1) is 13.2 Å². The fourth-order valence-electron chi connectivity index (χ4n) is 1.87. The molecule has 0 aliphatic carbocycles. The molecule has 1 fully saturated rings. The number of H-pyrrole nitrogens is 1. The molecule has 1 aromatic heterocycles. The van der Waals surface area contributed by atoms with E-state index in [0.717, 1.165) is 6.42 Å². The van der Waals surface area contributed by atoms with Crippen LogP contribution in [0.2, 0.25) is 1.41 Å². The molecule has 1 aromatic rings. The van der Waals surface area contributed by atoms with Gasteiger partial charge in [-0.2, -0.15) is 0 Å². The zero-order chi connectivity index (χ0) is 12.5. The zero-order valence-electron chi connectivity index (χ0n) is 10.2. The van der Waals surface area contributed by atoms with Crippen LogP contribution in [0, 0.1) is 0 Å². The summed E-state index contributed by atoms with van der Waals surface area (Å²) in [4.78, 5) is 18.5. The topological polar surface area (TPSA) is 75.7 Å². The lowest BCUT2D eigenvalue weighted by Crippen LogP contribution is -2.40. The number of nitrogens with zero attached hydrogens (tertiary/aromatic N) is 1. The number of rotatable bonds is 2. The number of aromatic nitrogens is 1. The van der Waals surface area contributed by atoms with Crippen molar-refractivity contribution < 1.29 is 10.9 Å². The summed E-state index contributed by atoms with van der Waals surface area (Å²) in [5, 5.41) is 1.88. The zero-order valence-corrected chi connectivity index (χ0v) is 9.18. The molecule has 1 atom stereocenters. The number of fused-ring (bicyclic) bond motifs is 1. The summed E-state index contributed by atoms with van der Waals surface area (Å²) >= 11 is 0. The molecule has 0 unspecified atom stereocenters. The summed E-state index contributed by atoms with van der Waals surface area (Å²) in [6, 6.07) is 1.62. The predicted octanol–water partition coefficient (Wildman–Crippen LogP) is -1.54. The van der Waals surface area contributed by atoms with Gasteiger partial charge in [-0.15, -0.1) is 0 Å². The van der Waals surface area contributed by atoms with Crippen molar-refractivity contribution >= 4 is 6.20 Å². The first-order chi connectivity index (χ1) is 8.72. The average molecular weight is 236 g/mol. The fraction of sp³-hybridized carbons (Fsp3) is 0.455. The lowest BCUT2D eigenvalue weighted by molar-refractivity contribution is 0.140. The van der Waals surface area contributed by atoms with Crippen molar-refractivity contribution in [3.8, 4) is 5.75 Å². The van der Waals surface area contributed by atoms with Gasteiger partial charge in [0.25, 0.3) is 5.56 Å². The molecule has 1 saturated heterocycles. The molecular weight excluding hydrogens is 222 g/mol. The van der Waals surface area contributed by atoms with Crippen LogP contribution in [0.5, 0.6) is 5.75 Å². The summed E-state index contributed by atoms with van der Waals surface area (Å²) < 4.78 is 18.3. The highest BCUT2D eigenvalue weighted by Crippen LogP contribution is 2.10. The Bertz CT molecular complexity index is 621. The van der Waals surface area contributed by atoms with Gasteiger partial charge in [0.15, 0.2) is 7.16 Å². The Labute approximate surface area is 98.4 Å². The number of ether oxygens (including phenoxy) is 2. The van der Waals surface area contributed by atoms with Gasteiger partial charge in [0.1, 0.15) is 18.3 Å². The van der Waals surface area contributed by atoms with Gasteiger partial charge in [-0.05, 0) is 6.07 Å². The molecule has 3 rings (SSSR count). The minimum Gasteiger partial charge on any atom is -0.482 e. The maximum atomic E-state index is 11.8. The van der Waals surface area contributed by atoms with E-state index in [0.29, 0.717) is 23.9 Å². The third-order valence-corrected chi connectivity index (χ3v) is 2.74. The van der Waals surface area contributed by atoms with Crippen LogP contribution in [0.25, 0.3) is 6.20 Å². The molecule has 0 aromatic carbocycles. The second-order valence-corrected chi connectivity index (χ2v) is 3.98. The van der Waals surface area contributed by atoms with Crippen LogP contribution in [-0.2, 0) is 4.74 Å². The van der Waals surface area contributed by atoms with Crippen LogP contribution in [0.3, 0.4) is 0 Å². The normalized spacial score (nSPS) is 23.4. The second-order valence-electron chi connectivity index (χ2n) is 3.98. The molecule has 6 heteroatoms. The molecule has 6 nitrogen and oxygen atoms in total. The van der Waals surface area contributed by atoms with E-state index in [1.807, 2.05) is 0 Å². The van der Waals surface area contributed by atoms with Gasteiger partial charge in [0.2, 0.25) is 0 Å². The van der Waals surface area contributed by atoms with Crippen molar-refractivity contribution in [2.75, 3.05) is 19.9 Å². The number of hydrogen-bond acceptors (Lipinski definition) is 5. The van der Waals surface area contributed by atoms with E-state index in [9.17, 15) is 4.79 Å². The summed E-state index contributed by atoms with van der Waals surface area (Å²) in [5.74, 6) is 0.256. The van der Waals surface area contributed by atoms with Crippen LogP contribution in [0.1, 0.15) is 6.42 Å². The number of hydrogen-bond donors (Lipinski definition) is 2. The molecule has 2 N–H and O–H groups in total. The van der Waals surface area contributed by atoms with E-state index in [-0.39, 0.29) is 24.1 Å². The van der Waals surface area contributed by atoms with Crippen LogP contribution < -0.4 is 26.3 Å². The minimum atomic E-state index is -0.295. The third-order valence-electron chi connectivity index (χ3n) is 2.74. The first-order valence-corrected chi connectivity index (χ1v) is 5.52. The molecule has 0 radical (unpaired) electrons. The first-order valence-electron chi connectivity index (χ1n) is 5.97. The van der Waals surface area contributed by atoms with Gasteiger partial charge >= 0.3 is 0 Å². The Kier molecular flexibility index (Phi) is 2.29. The van der Waals surface area contributed by atoms with Crippen molar-refractivity contribution in [2.24, 2.45) is 4.99 Å². The molecule has 0 saturated carbocycles. The summed E-state index contributed by atoms with van der Waals surface area (Å²) in [7, 11) is 0. The molecule has 3 heterocycles. The van der Waals surface area contributed by atoms with Crippen LogP contribution in [0.4, 0.5) is 0 Å². The maximum absolute atomic E-state index is 11.8. The average Bonchev–Trinajstić information content (AvgIpc) is 2.83. The molecule has 17 heavy (non-hydrogen) atoms. The highest BCUT2D eigenvalue weighted by molar-refractivity contribution is 5.27. The second kappa shape index (κ2) is 4.21. The van der Waals surface area contributed by atoms with E-state index in [4.69, 9.17) is 10.9 Å². The molecule has 90 valence electrons. The summed E-state index contributed by atoms with van der Waals surface area (Å²) in [6.45, 7) is 1.39. The van der Waals surface area contributed by atoms with Crippen molar-refractivity contribution in [1.82, 2.24) is 10.3 Å². The Morgan fingerprint density at radius 2 is 2.59 bits per heavy atom. The minimum absolute atomic E-state index is 0.0724. The van der Waals surface area contributed by atoms with Gasteiger partial charge in [0, 0.05) is 17.8 Å². The molecule has 0 spiro atoms. The van der Waals surface area contributed by atoms with E-state index in [2.05, 4.69) is 9.98 Å². The predicted molar refractivity (Wildman–Crippen MR) is 60.2 cm³/mol. The Hall–Kier alpha value is -1.82. The van der Waals surface area contributed by atoms with Crippen molar-refractivity contribution in [3.63, 3.8) is 0 Å². The largest absolute Gasteiger partial charge is 0.482 e. The highest BCUT2D eigenvalue weighted by Gasteiger charge is 2.18. The smallest absolute Gasteiger partial charge is 0.291 e. The van der Waals surface area contributed by atoms with Gasteiger partial charge in [-0.25, -0.2) is 4.99 Å². The Morgan fingerprint density at radius 3 is 3.41 bits per heavy atom. The Balaban J connectivity index is 1.98. The molecule has 0 bridgehead atoms. The summed E-state index contributed by atoms with van der Waals surface area (Å²) in [6.07, 6.45) is 2.32. The van der Waals surface area contributed by atoms with Gasteiger partial charge in [-0.3, -0.25) is 4.79 Å². The maximum Gasteiger partial charge on any atom is 0.291 e. The lowest BCUT2D eigenvalue weighted by atomic mass is 10.3. The van der Waals surface area contributed by atoms with Crippen molar-refractivity contribution in [1.29, 1.82) is 0 Å². The van der Waals surface area contributed by atoms with Crippen molar-refractivity contribution in [2.45, 2.75) is 12.5 Å². The van der Waals surface area contributed by atoms with Crippen LogP contribution in [0.15, 0.2) is 15.9 Å². The molecule has 0 amide bonds. The SMILES string of the molecule is [2H]N1C=c2cc(O[C@H]3CCOC3)c(=O)[nH]c2=NC1. The van der Waals surface area contributed by atoms with Gasteiger partial charge in [-0.1, -0.05) is 0 Å². The van der Waals surface area contributed by atoms with Gasteiger partial charge < -0.3 is 19.8 Å².